The molecule has 0 bridgehead atoms. The van der Waals surface area contributed by atoms with Crippen LogP contribution < -0.4 is 14.8 Å². The number of carbonyl (C=O) groups is 2. The van der Waals surface area contributed by atoms with Crippen LogP contribution in [0.25, 0.3) is 0 Å². The lowest BCUT2D eigenvalue weighted by atomic mass is 10.1. The van der Waals surface area contributed by atoms with E-state index in [4.69, 9.17) is 18.6 Å². The average Bonchev–Trinajstić information content (AvgIpc) is 3.38. The molecular formula is C27H23NO6. The summed E-state index contributed by atoms with van der Waals surface area (Å²) in [4.78, 5) is 24.3. The molecule has 7 nitrogen and oxygen atoms in total. The fourth-order valence-electron chi connectivity index (χ4n) is 3.22. The topological polar surface area (TPSA) is 87.0 Å². The van der Waals surface area contributed by atoms with Gasteiger partial charge in [-0.1, -0.05) is 24.3 Å². The van der Waals surface area contributed by atoms with Crippen LogP contribution in [-0.4, -0.2) is 19.0 Å². The Morgan fingerprint density at radius 2 is 1.50 bits per heavy atom. The van der Waals surface area contributed by atoms with Gasteiger partial charge in [0, 0.05) is 0 Å². The number of carbonyl (C=O) groups excluding carboxylic acids is 2. The largest absolute Gasteiger partial charge is 0.486 e. The predicted octanol–water partition coefficient (Wildman–Crippen LogP) is 5.62. The minimum atomic E-state index is -0.505. The number of para-hydroxylation sites is 1. The van der Waals surface area contributed by atoms with Gasteiger partial charge >= 0.3 is 5.97 Å². The second-order valence-electron chi connectivity index (χ2n) is 7.35. The molecule has 1 aromatic heterocycles. The number of ether oxygens (including phenoxy) is 3. The van der Waals surface area contributed by atoms with E-state index in [-0.39, 0.29) is 12.3 Å². The van der Waals surface area contributed by atoms with Crippen molar-refractivity contribution in [2.45, 2.75) is 13.0 Å². The SMILES string of the molecule is COC(=O)c1ccccc1NC(=O)Cc1ccc(Oc2ccc(OCc3ccco3)cc2)cc1. The zero-order chi connectivity index (χ0) is 23.8. The number of furan rings is 1. The second-order valence-corrected chi connectivity index (χ2v) is 7.35. The fourth-order valence-corrected chi connectivity index (χ4v) is 3.22. The van der Waals surface area contributed by atoms with E-state index >= 15 is 0 Å². The Kier molecular flexibility index (Phi) is 7.25. The molecule has 0 saturated carbocycles. The van der Waals surface area contributed by atoms with Gasteiger partial charge in [-0.3, -0.25) is 4.79 Å². The molecular weight excluding hydrogens is 434 g/mol. The number of hydrogen-bond acceptors (Lipinski definition) is 6. The Balaban J connectivity index is 1.30. The van der Waals surface area contributed by atoms with Crippen molar-refractivity contribution in [2.75, 3.05) is 12.4 Å². The first kappa shape index (κ1) is 22.7. The van der Waals surface area contributed by atoms with Crippen LogP contribution in [0.1, 0.15) is 21.7 Å². The van der Waals surface area contributed by atoms with Crippen LogP contribution in [-0.2, 0) is 22.6 Å². The van der Waals surface area contributed by atoms with Gasteiger partial charge in [-0.25, -0.2) is 4.79 Å². The lowest BCUT2D eigenvalue weighted by molar-refractivity contribution is -0.115. The van der Waals surface area contributed by atoms with E-state index in [1.807, 2.05) is 48.5 Å². The molecule has 172 valence electrons. The van der Waals surface area contributed by atoms with Gasteiger partial charge in [0.2, 0.25) is 5.91 Å². The standard InChI is InChI=1S/C27H23NO6/c1-31-27(30)24-6-2-3-7-25(24)28-26(29)17-19-8-10-21(11-9-19)34-22-14-12-20(13-15-22)33-18-23-5-4-16-32-23/h2-16H,17-18H2,1H3,(H,28,29). The summed E-state index contributed by atoms with van der Waals surface area (Å²) in [5.74, 6) is 2.02. The third-order valence-corrected chi connectivity index (χ3v) is 4.92. The van der Waals surface area contributed by atoms with Gasteiger partial charge in [0.15, 0.2) is 0 Å². The lowest BCUT2D eigenvalue weighted by Gasteiger charge is -2.10. The molecule has 1 heterocycles. The highest BCUT2D eigenvalue weighted by molar-refractivity contribution is 6.01. The Bertz CT molecular complexity index is 1230. The maximum Gasteiger partial charge on any atom is 0.339 e. The zero-order valence-corrected chi connectivity index (χ0v) is 18.5. The van der Waals surface area contributed by atoms with E-state index in [1.54, 1.807) is 42.7 Å². The number of anilines is 1. The number of methoxy groups -OCH3 is 1. The molecule has 4 rings (SSSR count). The van der Waals surface area contributed by atoms with Crippen molar-refractivity contribution in [1.82, 2.24) is 0 Å². The van der Waals surface area contributed by atoms with E-state index < -0.39 is 5.97 Å². The van der Waals surface area contributed by atoms with Gasteiger partial charge in [0.05, 0.1) is 31.0 Å². The Morgan fingerprint density at radius 1 is 0.824 bits per heavy atom. The zero-order valence-electron chi connectivity index (χ0n) is 18.5. The van der Waals surface area contributed by atoms with Crippen LogP contribution >= 0.6 is 0 Å². The number of benzene rings is 3. The summed E-state index contributed by atoms with van der Waals surface area (Å²) < 4.78 is 21.5. The van der Waals surface area contributed by atoms with Gasteiger partial charge < -0.3 is 23.9 Å². The molecule has 0 spiro atoms. The first-order valence-electron chi connectivity index (χ1n) is 10.6. The molecule has 0 radical (unpaired) electrons. The summed E-state index contributed by atoms with van der Waals surface area (Å²) in [6, 6.07) is 24.9. The number of nitrogens with one attached hydrogen (secondary N) is 1. The highest BCUT2D eigenvalue weighted by Crippen LogP contribution is 2.25. The van der Waals surface area contributed by atoms with Gasteiger partial charge in [-0.2, -0.15) is 0 Å². The van der Waals surface area contributed by atoms with Crippen LogP contribution in [0.15, 0.2) is 95.6 Å². The average molecular weight is 457 g/mol. The van der Waals surface area contributed by atoms with Crippen molar-refractivity contribution < 1.29 is 28.2 Å². The van der Waals surface area contributed by atoms with Crippen molar-refractivity contribution in [3.8, 4) is 17.2 Å². The van der Waals surface area contributed by atoms with Crippen molar-refractivity contribution in [1.29, 1.82) is 0 Å². The monoisotopic (exact) mass is 457 g/mol. The molecule has 0 aliphatic heterocycles. The van der Waals surface area contributed by atoms with Crippen molar-refractivity contribution in [2.24, 2.45) is 0 Å². The molecule has 1 N–H and O–H groups in total. The summed E-state index contributed by atoms with van der Waals surface area (Å²) in [5.41, 5.74) is 1.53. The predicted molar refractivity (Wildman–Crippen MR) is 126 cm³/mol. The van der Waals surface area contributed by atoms with Crippen LogP contribution in [0.5, 0.6) is 17.2 Å². The molecule has 34 heavy (non-hydrogen) atoms. The molecule has 0 atom stereocenters. The summed E-state index contributed by atoms with van der Waals surface area (Å²) in [6.45, 7) is 0.358. The highest BCUT2D eigenvalue weighted by Gasteiger charge is 2.13. The number of amides is 1. The lowest BCUT2D eigenvalue weighted by Crippen LogP contribution is -2.17. The molecule has 0 saturated heterocycles. The van der Waals surface area contributed by atoms with Crippen LogP contribution in [0.3, 0.4) is 0 Å². The van der Waals surface area contributed by atoms with E-state index in [0.29, 0.717) is 35.1 Å². The van der Waals surface area contributed by atoms with Gasteiger partial charge in [-0.15, -0.1) is 0 Å². The van der Waals surface area contributed by atoms with E-state index in [1.165, 1.54) is 7.11 Å². The van der Waals surface area contributed by atoms with Gasteiger partial charge in [0.25, 0.3) is 0 Å². The van der Waals surface area contributed by atoms with Crippen LogP contribution in [0, 0.1) is 0 Å². The van der Waals surface area contributed by atoms with Gasteiger partial charge in [-0.05, 0) is 66.2 Å². The molecule has 0 unspecified atom stereocenters. The van der Waals surface area contributed by atoms with Crippen LogP contribution in [0.4, 0.5) is 5.69 Å². The summed E-state index contributed by atoms with van der Waals surface area (Å²) in [5, 5.41) is 2.76. The molecule has 3 aromatic carbocycles. The first-order valence-corrected chi connectivity index (χ1v) is 10.6. The molecule has 0 aliphatic carbocycles. The quantitative estimate of drug-likeness (QED) is 0.328. The van der Waals surface area contributed by atoms with E-state index in [9.17, 15) is 9.59 Å². The Hall–Kier alpha value is -4.52. The summed E-state index contributed by atoms with van der Waals surface area (Å²) in [7, 11) is 1.30. The van der Waals surface area contributed by atoms with E-state index in [2.05, 4.69) is 5.32 Å². The van der Waals surface area contributed by atoms with Crippen molar-refractivity contribution >= 4 is 17.6 Å². The first-order chi connectivity index (χ1) is 16.6. The molecule has 0 aliphatic rings. The fraction of sp³-hybridized carbons (Fsp3) is 0.111. The third-order valence-electron chi connectivity index (χ3n) is 4.92. The summed E-state index contributed by atoms with van der Waals surface area (Å²) in [6.07, 6.45) is 1.76. The number of esters is 1. The number of hydrogen-bond donors (Lipinski definition) is 1. The minimum absolute atomic E-state index is 0.150. The Morgan fingerprint density at radius 3 is 2.18 bits per heavy atom. The molecule has 4 aromatic rings. The molecule has 7 heteroatoms. The molecule has 1 amide bonds. The minimum Gasteiger partial charge on any atom is -0.486 e. The Labute approximate surface area is 196 Å². The third kappa shape index (κ3) is 6.04. The molecule has 0 fully saturated rings. The van der Waals surface area contributed by atoms with Crippen LogP contribution in [0.2, 0.25) is 0 Å². The second kappa shape index (κ2) is 10.9. The van der Waals surface area contributed by atoms with Crippen molar-refractivity contribution in [3.63, 3.8) is 0 Å². The maximum absolute atomic E-state index is 12.5. The normalized spacial score (nSPS) is 10.4. The smallest absolute Gasteiger partial charge is 0.339 e. The van der Waals surface area contributed by atoms with Crippen molar-refractivity contribution in [3.05, 3.63) is 108 Å². The van der Waals surface area contributed by atoms with Gasteiger partial charge in [0.1, 0.15) is 29.6 Å². The van der Waals surface area contributed by atoms with E-state index in [0.717, 1.165) is 11.3 Å². The maximum atomic E-state index is 12.5. The summed E-state index contributed by atoms with van der Waals surface area (Å²) >= 11 is 0. The number of rotatable bonds is 9. The highest BCUT2D eigenvalue weighted by atomic mass is 16.5.